The first kappa shape index (κ1) is 26.9. The Labute approximate surface area is 234 Å². The number of rotatable bonds is 8. The summed E-state index contributed by atoms with van der Waals surface area (Å²) in [5.41, 5.74) is 5.94. The summed E-state index contributed by atoms with van der Waals surface area (Å²) in [6.07, 6.45) is 0. The molecule has 5 rings (SSSR count). The second-order valence-corrected chi connectivity index (χ2v) is 8.97. The molecule has 0 aromatic heterocycles. The fourth-order valence-electron chi connectivity index (χ4n) is 4.31. The van der Waals surface area contributed by atoms with Crippen LogP contribution in [0.4, 0.5) is 0 Å². The third-order valence-corrected chi connectivity index (χ3v) is 6.37. The van der Waals surface area contributed by atoms with Crippen LogP contribution < -0.4 is 25.1 Å². The predicted octanol–water partition coefficient (Wildman–Crippen LogP) is 3.60. The average Bonchev–Trinajstić information content (AvgIpc) is 3.01. The van der Waals surface area contributed by atoms with E-state index in [0.29, 0.717) is 18.1 Å². The molecule has 0 saturated heterocycles. The van der Waals surface area contributed by atoms with Gasteiger partial charge in [0, 0.05) is 22.3 Å². The number of hydrazine groups is 1. The van der Waals surface area contributed by atoms with Crippen molar-refractivity contribution in [3.8, 4) is 23.0 Å². The summed E-state index contributed by atoms with van der Waals surface area (Å²) in [7, 11) is 1.45. The molecule has 1 aliphatic rings. The molecule has 0 bridgehead atoms. The van der Waals surface area contributed by atoms with Gasteiger partial charge < -0.3 is 19.3 Å². The number of phenolic OH excluding ortho intramolecular Hbond substituents is 1. The molecule has 0 fully saturated rings. The van der Waals surface area contributed by atoms with E-state index in [-0.39, 0.29) is 33.6 Å². The van der Waals surface area contributed by atoms with Crippen LogP contribution in [0, 0.1) is 0 Å². The van der Waals surface area contributed by atoms with E-state index in [0.717, 1.165) is 5.56 Å². The molecule has 10 nitrogen and oxygen atoms in total. The van der Waals surface area contributed by atoms with Crippen molar-refractivity contribution >= 4 is 23.4 Å². The fraction of sp³-hybridized carbons (Fsp3) is 0.0968. The second-order valence-electron chi connectivity index (χ2n) is 8.97. The fourth-order valence-corrected chi connectivity index (χ4v) is 4.31. The molecule has 0 atom stereocenters. The SMILES string of the molecule is COc1cc(C(=O)NNC(=O)COc2ccc3c(c2O)C(=O)c2ccccc2C3=O)ccc1OCc1ccccc1. The number of hydrogen-bond acceptors (Lipinski definition) is 8. The highest BCUT2D eigenvalue weighted by Crippen LogP contribution is 2.38. The van der Waals surface area contributed by atoms with Gasteiger partial charge in [-0.3, -0.25) is 30.0 Å². The van der Waals surface area contributed by atoms with Crippen molar-refractivity contribution in [2.75, 3.05) is 13.7 Å². The number of fused-ring (bicyclic) bond motifs is 2. The first-order chi connectivity index (χ1) is 19.9. The first-order valence-electron chi connectivity index (χ1n) is 12.5. The minimum Gasteiger partial charge on any atom is -0.504 e. The van der Waals surface area contributed by atoms with Crippen molar-refractivity contribution in [2.24, 2.45) is 0 Å². The highest BCUT2D eigenvalue weighted by atomic mass is 16.5. The number of aromatic hydroxyl groups is 1. The molecule has 4 aromatic carbocycles. The van der Waals surface area contributed by atoms with Gasteiger partial charge in [0.25, 0.3) is 11.8 Å². The third kappa shape index (κ3) is 5.57. The van der Waals surface area contributed by atoms with Crippen LogP contribution in [0.2, 0.25) is 0 Å². The summed E-state index contributed by atoms with van der Waals surface area (Å²) in [5.74, 6) is -2.22. The Kier molecular flexibility index (Phi) is 7.64. The maximum atomic E-state index is 12.9. The van der Waals surface area contributed by atoms with Crippen molar-refractivity contribution in [3.63, 3.8) is 0 Å². The number of ketones is 2. The van der Waals surface area contributed by atoms with Gasteiger partial charge in [0.2, 0.25) is 0 Å². The summed E-state index contributed by atoms with van der Waals surface area (Å²) in [4.78, 5) is 50.6. The third-order valence-electron chi connectivity index (χ3n) is 6.37. The molecule has 0 unspecified atom stereocenters. The van der Waals surface area contributed by atoms with Crippen LogP contribution in [0.5, 0.6) is 23.0 Å². The summed E-state index contributed by atoms with van der Waals surface area (Å²) >= 11 is 0. The Bertz CT molecular complexity index is 1670. The molecular weight excluding hydrogens is 528 g/mol. The van der Waals surface area contributed by atoms with Gasteiger partial charge in [-0.2, -0.15) is 0 Å². The normalized spacial score (nSPS) is 11.6. The van der Waals surface area contributed by atoms with Crippen LogP contribution in [0.15, 0.2) is 84.9 Å². The van der Waals surface area contributed by atoms with E-state index >= 15 is 0 Å². The zero-order valence-electron chi connectivity index (χ0n) is 21.8. The second kappa shape index (κ2) is 11.6. The van der Waals surface area contributed by atoms with Crippen LogP contribution in [0.3, 0.4) is 0 Å². The van der Waals surface area contributed by atoms with E-state index in [1.807, 2.05) is 30.3 Å². The van der Waals surface area contributed by atoms with Gasteiger partial charge in [-0.25, -0.2) is 0 Å². The van der Waals surface area contributed by atoms with E-state index in [2.05, 4.69) is 10.9 Å². The van der Waals surface area contributed by atoms with Crippen LogP contribution in [0.25, 0.3) is 0 Å². The number of nitrogens with one attached hydrogen (secondary N) is 2. The lowest BCUT2D eigenvalue weighted by molar-refractivity contribution is -0.123. The van der Waals surface area contributed by atoms with Crippen molar-refractivity contribution in [1.82, 2.24) is 10.9 Å². The quantitative estimate of drug-likeness (QED) is 0.248. The largest absolute Gasteiger partial charge is 0.504 e. The first-order valence-corrected chi connectivity index (χ1v) is 12.5. The lowest BCUT2D eigenvalue weighted by atomic mass is 9.83. The Morgan fingerprint density at radius 1 is 0.732 bits per heavy atom. The predicted molar refractivity (Wildman–Crippen MR) is 146 cm³/mol. The van der Waals surface area contributed by atoms with Gasteiger partial charge >= 0.3 is 0 Å². The smallest absolute Gasteiger partial charge is 0.276 e. The number of carbonyl (C=O) groups is 4. The van der Waals surface area contributed by atoms with Crippen LogP contribution >= 0.6 is 0 Å². The van der Waals surface area contributed by atoms with Crippen LogP contribution in [-0.2, 0) is 11.4 Å². The minimum absolute atomic E-state index is 0.0437. The van der Waals surface area contributed by atoms with Gasteiger partial charge in [0.05, 0.1) is 12.7 Å². The molecular formula is C31H24N2O8. The Morgan fingerprint density at radius 2 is 1.41 bits per heavy atom. The van der Waals surface area contributed by atoms with Crippen LogP contribution in [0.1, 0.15) is 47.8 Å². The molecule has 206 valence electrons. The van der Waals surface area contributed by atoms with Crippen molar-refractivity contribution < 1.29 is 38.5 Å². The summed E-state index contributed by atoms with van der Waals surface area (Å²) in [6, 6.07) is 23.1. The van der Waals surface area contributed by atoms with Gasteiger partial charge in [0.1, 0.15) is 6.61 Å². The van der Waals surface area contributed by atoms with E-state index in [1.165, 1.54) is 37.4 Å². The van der Waals surface area contributed by atoms with Gasteiger partial charge in [0.15, 0.2) is 41.2 Å². The molecule has 0 spiro atoms. The maximum Gasteiger partial charge on any atom is 0.276 e. The Morgan fingerprint density at radius 3 is 2.15 bits per heavy atom. The number of benzene rings is 4. The number of ether oxygens (including phenoxy) is 3. The van der Waals surface area contributed by atoms with Gasteiger partial charge in [-0.05, 0) is 35.9 Å². The topological polar surface area (TPSA) is 140 Å². The monoisotopic (exact) mass is 552 g/mol. The Balaban J connectivity index is 1.18. The molecule has 4 aromatic rings. The molecule has 2 amide bonds. The van der Waals surface area contributed by atoms with Crippen molar-refractivity contribution in [1.29, 1.82) is 0 Å². The van der Waals surface area contributed by atoms with E-state index in [9.17, 15) is 24.3 Å². The highest BCUT2D eigenvalue weighted by Gasteiger charge is 2.33. The van der Waals surface area contributed by atoms with Gasteiger partial charge in [-0.1, -0.05) is 54.6 Å². The van der Waals surface area contributed by atoms with E-state index in [1.54, 1.807) is 24.3 Å². The number of amides is 2. The standard InChI is InChI=1S/C31H24N2O8/c1-39-25-15-19(11-13-23(25)40-16-18-7-3-2-4-8-18)31(38)33-32-26(34)17-41-24-14-12-22-27(30(24)37)29(36)21-10-6-5-9-20(21)28(22)35/h2-15,37H,16-17H2,1H3,(H,32,34)(H,33,38). The maximum absolute atomic E-state index is 12.9. The average molecular weight is 553 g/mol. The Hall–Kier alpha value is -5.64. The molecule has 1 aliphatic carbocycles. The lowest BCUT2D eigenvalue weighted by Gasteiger charge is -2.19. The molecule has 0 radical (unpaired) electrons. The molecule has 3 N–H and O–H groups in total. The van der Waals surface area contributed by atoms with E-state index in [4.69, 9.17) is 14.2 Å². The number of hydrogen-bond donors (Lipinski definition) is 3. The van der Waals surface area contributed by atoms with Crippen molar-refractivity contribution in [2.45, 2.75) is 6.61 Å². The summed E-state index contributed by atoms with van der Waals surface area (Å²) in [5, 5.41) is 10.7. The highest BCUT2D eigenvalue weighted by molar-refractivity contribution is 6.29. The number of carbonyl (C=O) groups excluding carboxylic acids is 4. The minimum atomic E-state index is -0.738. The van der Waals surface area contributed by atoms with Gasteiger partial charge in [-0.15, -0.1) is 0 Å². The summed E-state index contributed by atoms with van der Waals surface area (Å²) in [6.45, 7) is -0.280. The zero-order chi connectivity index (χ0) is 28.9. The zero-order valence-corrected chi connectivity index (χ0v) is 21.8. The number of phenols is 1. The number of methoxy groups -OCH3 is 1. The molecule has 10 heteroatoms. The molecule has 0 heterocycles. The van der Waals surface area contributed by atoms with Crippen molar-refractivity contribution in [3.05, 3.63) is 118 Å². The molecule has 0 saturated carbocycles. The van der Waals surface area contributed by atoms with Crippen LogP contribution in [-0.4, -0.2) is 42.2 Å². The lowest BCUT2D eigenvalue weighted by Crippen LogP contribution is -2.43. The molecule has 41 heavy (non-hydrogen) atoms. The summed E-state index contributed by atoms with van der Waals surface area (Å²) < 4.78 is 16.5. The molecule has 0 aliphatic heterocycles. The van der Waals surface area contributed by atoms with E-state index < -0.39 is 35.7 Å².